The summed E-state index contributed by atoms with van der Waals surface area (Å²) in [6.45, 7) is 6.02. The van der Waals surface area contributed by atoms with Crippen LogP contribution in [0.25, 0.3) is 0 Å². The molecule has 5 rings (SSSR count). The minimum absolute atomic E-state index is 0.00137. The number of fused-ring (bicyclic) bond motifs is 5. The molecule has 3 fully saturated rings. The lowest BCUT2D eigenvalue weighted by molar-refractivity contribution is -0.158. The summed E-state index contributed by atoms with van der Waals surface area (Å²) < 4.78 is 11.5. The van der Waals surface area contributed by atoms with Gasteiger partial charge in [-0.15, -0.1) is 0 Å². The number of benzene rings is 1. The van der Waals surface area contributed by atoms with Crippen molar-refractivity contribution in [3.05, 3.63) is 47.5 Å². The zero-order valence-corrected chi connectivity index (χ0v) is 19.8. The van der Waals surface area contributed by atoms with Gasteiger partial charge in [0.25, 0.3) is 0 Å². The van der Waals surface area contributed by atoms with Crippen molar-refractivity contribution in [1.82, 2.24) is 0 Å². The highest BCUT2D eigenvalue weighted by atomic mass is 16.5. The Morgan fingerprint density at radius 2 is 1.70 bits per heavy atom. The molecule has 0 amide bonds. The fraction of sp³-hybridized carbons (Fsp3) is 0.607. The molecule has 0 N–H and O–H groups in total. The second-order valence-corrected chi connectivity index (χ2v) is 11.1. The number of hydrogen-bond acceptors (Lipinski definition) is 5. The van der Waals surface area contributed by atoms with Crippen LogP contribution >= 0.6 is 0 Å². The average molecular weight is 451 g/mol. The summed E-state index contributed by atoms with van der Waals surface area (Å²) in [5.74, 6) is 0.280. The third kappa shape index (κ3) is 3.64. The van der Waals surface area contributed by atoms with Crippen molar-refractivity contribution in [3.8, 4) is 0 Å². The molecular weight excluding hydrogens is 416 g/mol. The second-order valence-electron chi connectivity index (χ2n) is 11.1. The van der Waals surface area contributed by atoms with E-state index in [-0.39, 0.29) is 52.6 Å². The lowest BCUT2D eigenvalue weighted by atomic mass is 9.47. The molecule has 4 aliphatic rings. The van der Waals surface area contributed by atoms with Crippen molar-refractivity contribution >= 4 is 17.7 Å². The van der Waals surface area contributed by atoms with Crippen LogP contribution in [0.3, 0.4) is 0 Å². The van der Waals surface area contributed by atoms with Crippen LogP contribution in [0.15, 0.2) is 42.0 Å². The molecule has 1 aromatic rings. The molecule has 33 heavy (non-hydrogen) atoms. The van der Waals surface area contributed by atoms with Gasteiger partial charge in [0.2, 0.25) is 0 Å². The van der Waals surface area contributed by atoms with E-state index >= 15 is 0 Å². The average Bonchev–Trinajstić information content (AvgIpc) is 3.11. The van der Waals surface area contributed by atoms with E-state index in [1.807, 2.05) is 24.3 Å². The monoisotopic (exact) mass is 450 g/mol. The van der Waals surface area contributed by atoms with Gasteiger partial charge in [0, 0.05) is 24.7 Å². The number of ketones is 1. The summed E-state index contributed by atoms with van der Waals surface area (Å²) in [4.78, 5) is 37.7. The summed E-state index contributed by atoms with van der Waals surface area (Å²) in [6.07, 6.45) is 7.76. The highest BCUT2D eigenvalue weighted by molar-refractivity contribution is 5.94. The van der Waals surface area contributed by atoms with Crippen LogP contribution in [0.2, 0.25) is 0 Å². The minimum Gasteiger partial charge on any atom is -0.462 e. The Morgan fingerprint density at radius 1 is 0.939 bits per heavy atom. The van der Waals surface area contributed by atoms with E-state index in [0.717, 1.165) is 44.1 Å². The van der Waals surface area contributed by atoms with Crippen LogP contribution in [0.4, 0.5) is 0 Å². The van der Waals surface area contributed by atoms with E-state index < -0.39 is 0 Å². The summed E-state index contributed by atoms with van der Waals surface area (Å²) in [6, 6.07) is 9.09. The lowest BCUT2D eigenvalue weighted by Crippen LogP contribution is -2.54. The number of ether oxygens (including phenoxy) is 2. The van der Waals surface area contributed by atoms with Crippen LogP contribution < -0.4 is 0 Å². The maximum absolute atomic E-state index is 13.5. The Kier molecular flexibility index (Phi) is 5.49. The van der Waals surface area contributed by atoms with Crippen molar-refractivity contribution in [2.75, 3.05) is 0 Å². The van der Waals surface area contributed by atoms with Gasteiger partial charge in [-0.3, -0.25) is 9.59 Å². The fourth-order valence-corrected chi connectivity index (χ4v) is 7.61. The smallest absolute Gasteiger partial charge is 0.338 e. The second kappa shape index (κ2) is 8.11. The van der Waals surface area contributed by atoms with Gasteiger partial charge in [0.1, 0.15) is 12.2 Å². The standard InChI is InChI=1S/C28H34O5/c1-17(29)32-24-10-9-21-25-22(12-14-28(21,24)3)27(2)13-11-20(15-19(27)16-23(25)30)33-26(31)18-7-5-4-6-8-18/h4-8,16,20-22,24-25H,9-15H2,1-3H3/t20-,21-,22-,24-,25-,27-,28-/m0/s1. The van der Waals surface area contributed by atoms with E-state index in [2.05, 4.69) is 13.8 Å². The van der Waals surface area contributed by atoms with Crippen molar-refractivity contribution in [2.45, 2.75) is 77.9 Å². The van der Waals surface area contributed by atoms with Gasteiger partial charge in [-0.2, -0.15) is 0 Å². The molecule has 176 valence electrons. The topological polar surface area (TPSA) is 69.7 Å². The van der Waals surface area contributed by atoms with Gasteiger partial charge in [0.05, 0.1) is 5.56 Å². The molecule has 3 saturated carbocycles. The molecule has 0 aliphatic heterocycles. The minimum atomic E-state index is -0.291. The predicted molar refractivity (Wildman–Crippen MR) is 123 cm³/mol. The van der Waals surface area contributed by atoms with Crippen LogP contribution in [-0.4, -0.2) is 29.9 Å². The number of esters is 2. The Balaban J connectivity index is 1.35. The van der Waals surface area contributed by atoms with Gasteiger partial charge in [-0.05, 0) is 74.0 Å². The molecule has 5 nitrogen and oxygen atoms in total. The van der Waals surface area contributed by atoms with Crippen molar-refractivity contribution in [3.63, 3.8) is 0 Å². The normalized spacial score (nSPS) is 39.5. The van der Waals surface area contributed by atoms with Crippen molar-refractivity contribution in [2.24, 2.45) is 28.6 Å². The number of carbonyl (C=O) groups is 3. The molecular formula is C28H34O5. The summed E-state index contributed by atoms with van der Waals surface area (Å²) in [5, 5.41) is 0. The predicted octanol–water partition coefficient (Wildman–Crippen LogP) is 5.29. The maximum atomic E-state index is 13.5. The molecule has 0 unspecified atom stereocenters. The van der Waals surface area contributed by atoms with Crippen LogP contribution in [-0.2, 0) is 19.1 Å². The first kappa shape index (κ1) is 22.4. The van der Waals surface area contributed by atoms with Gasteiger partial charge < -0.3 is 9.47 Å². The molecule has 4 aliphatic carbocycles. The third-order valence-electron chi connectivity index (χ3n) is 9.41. The highest BCUT2D eigenvalue weighted by Gasteiger charge is 2.61. The zero-order chi connectivity index (χ0) is 23.4. The number of carbonyl (C=O) groups excluding carboxylic acids is 3. The largest absolute Gasteiger partial charge is 0.462 e. The molecule has 0 bridgehead atoms. The number of rotatable bonds is 3. The molecule has 0 saturated heterocycles. The summed E-state index contributed by atoms with van der Waals surface area (Å²) in [5.41, 5.74) is 1.57. The Hall–Kier alpha value is -2.43. The first-order chi connectivity index (χ1) is 15.7. The fourth-order valence-electron chi connectivity index (χ4n) is 7.61. The van der Waals surface area contributed by atoms with E-state index in [0.29, 0.717) is 17.9 Å². The van der Waals surface area contributed by atoms with Gasteiger partial charge in [0.15, 0.2) is 5.78 Å². The maximum Gasteiger partial charge on any atom is 0.338 e. The van der Waals surface area contributed by atoms with Gasteiger partial charge in [-0.1, -0.05) is 37.6 Å². The SMILES string of the molecule is CC(=O)O[C@H]1CC[C@H]2[C@@H]3C(=O)C=C4C[C@@H](OC(=O)c5ccccc5)CC[C@]4(C)[C@H]3CC[C@]12C. The Labute approximate surface area is 195 Å². The van der Waals surface area contributed by atoms with E-state index in [9.17, 15) is 14.4 Å². The molecule has 0 spiro atoms. The molecule has 5 heteroatoms. The van der Waals surface area contributed by atoms with Crippen LogP contribution in [0, 0.1) is 28.6 Å². The number of allylic oxidation sites excluding steroid dienone is 1. The van der Waals surface area contributed by atoms with E-state index in [1.54, 1.807) is 12.1 Å². The van der Waals surface area contributed by atoms with Crippen LogP contribution in [0.5, 0.6) is 0 Å². The third-order valence-corrected chi connectivity index (χ3v) is 9.41. The Morgan fingerprint density at radius 3 is 2.42 bits per heavy atom. The summed E-state index contributed by atoms with van der Waals surface area (Å²) in [7, 11) is 0. The lowest BCUT2D eigenvalue weighted by Gasteiger charge is -2.56. The summed E-state index contributed by atoms with van der Waals surface area (Å²) >= 11 is 0. The van der Waals surface area contributed by atoms with Gasteiger partial charge >= 0.3 is 11.9 Å². The first-order valence-electron chi connectivity index (χ1n) is 12.4. The van der Waals surface area contributed by atoms with Crippen LogP contribution in [0.1, 0.15) is 76.1 Å². The molecule has 0 aromatic heterocycles. The zero-order valence-electron chi connectivity index (χ0n) is 19.8. The quantitative estimate of drug-likeness (QED) is 0.586. The molecule has 7 atom stereocenters. The molecule has 1 aromatic carbocycles. The highest BCUT2D eigenvalue weighted by Crippen LogP contribution is 2.64. The van der Waals surface area contributed by atoms with Gasteiger partial charge in [-0.25, -0.2) is 4.79 Å². The van der Waals surface area contributed by atoms with Crippen molar-refractivity contribution < 1.29 is 23.9 Å². The van der Waals surface area contributed by atoms with E-state index in [1.165, 1.54) is 6.92 Å². The number of hydrogen-bond donors (Lipinski definition) is 0. The van der Waals surface area contributed by atoms with Crippen molar-refractivity contribution in [1.29, 1.82) is 0 Å². The Bertz CT molecular complexity index is 997. The molecule has 0 radical (unpaired) electrons. The van der Waals surface area contributed by atoms with E-state index in [4.69, 9.17) is 9.47 Å². The first-order valence-corrected chi connectivity index (χ1v) is 12.4. The molecule has 0 heterocycles.